The van der Waals surface area contributed by atoms with Crippen LogP contribution < -0.4 is 5.73 Å². The number of nitrogens with zero attached hydrogens (tertiary/aromatic N) is 1. The summed E-state index contributed by atoms with van der Waals surface area (Å²) in [5.41, 5.74) is 7.13. The molecule has 0 saturated carbocycles. The van der Waals surface area contributed by atoms with Crippen molar-refractivity contribution in [3.05, 3.63) is 21.9 Å². The van der Waals surface area contributed by atoms with Crippen molar-refractivity contribution in [1.82, 2.24) is 4.57 Å². The van der Waals surface area contributed by atoms with Crippen molar-refractivity contribution in [1.29, 1.82) is 0 Å². The van der Waals surface area contributed by atoms with Crippen LogP contribution in [-0.4, -0.2) is 17.6 Å². The summed E-state index contributed by atoms with van der Waals surface area (Å²) in [5, 5.41) is 0. The zero-order valence-corrected chi connectivity index (χ0v) is 10.3. The lowest BCUT2D eigenvalue weighted by Crippen LogP contribution is -2.43. The highest BCUT2D eigenvalue weighted by Gasteiger charge is 2.44. The van der Waals surface area contributed by atoms with E-state index < -0.39 is 5.54 Å². The van der Waals surface area contributed by atoms with E-state index in [0.717, 1.165) is 22.2 Å². The van der Waals surface area contributed by atoms with Crippen LogP contribution in [-0.2, 0) is 28.5 Å². The molecule has 0 spiro atoms. The van der Waals surface area contributed by atoms with Gasteiger partial charge < -0.3 is 15.0 Å². The molecule has 1 aromatic rings. The Balaban J connectivity index is 2.52. The summed E-state index contributed by atoms with van der Waals surface area (Å²) in [4.78, 5) is 11.6. The van der Waals surface area contributed by atoms with Gasteiger partial charge in [0.1, 0.15) is 5.54 Å². The SMILES string of the molecule is COC(=O)C1(N)CCc2c1cn(C)c2Br. The highest BCUT2D eigenvalue weighted by atomic mass is 79.9. The highest BCUT2D eigenvalue weighted by Crippen LogP contribution is 2.40. The van der Waals surface area contributed by atoms with Crippen molar-refractivity contribution in [3.8, 4) is 0 Å². The van der Waals surface area contributed by atoms with Crippen molar-refractivity contribution in [2.45, 2.75) is 18.4 Å². The third kappa shape index (κ3) is 1.33. The summed E-state index contributed by atoms with van der Waals surface area (Å²) >= 11 is 3.48. The van der Waals surface area contributed by atoms with Gasteiger partial charge in [-0.2, -0.15) is 0 Å². The Labute approximate surface area is 96.5 Å². The molecule has 1 unspecified atom stereocenters. The van der Waals surface area contributed by atoms with Crippen LogP contribution >= 0.6 is 15.9 Å². The second kappa shape index (κ2) is 3.35. The summed E-state index contributed by atoms with van der Waals surface area (Å²) in [6.45, 7) is 0. The molecule has 0 saturated heterocycles. The van der Waals surface area contributed by atoms with E-state index in [1.807, 2.05) is 17.8 Å². The van der Waals surface area contributed by atoms with Gasteiger partial charge in [-0.3, -0.25) is 0 Å². The van der Waals surface area contributed by atoms with Crippen molar-refractivity contribution in [2.75, 3.05) is 7.11 Å². The van der Waals surface area contributed by atoms with Crippen LogP contribution in [0.4, 0.5) is 0 Å². The topological polar surface area (TPSA) is 57.2 Å². The minimum absolute atomic E-state index is 0.362. The van der Waals surface area contributed by atoms with Crippen LogP contribution in [0, 0.1) is 0 Å². The van der Waals surface area contributed by atoms with Gasteiger partial charge in [-0.25, -0.2) is 4.79 Å². The summed E-state index contributed by atoms with van der Waals surface area (Å²) < 4.78 is 7.67. The second-order valence-corrected chi connectivity index (χ2v) is 4.64. The van der Waals surface area contributed by atoms with Crippen LogP contribution in [0.1, 0.15) is 17.5 Å². The molecule has 5 heteroatoms. The van der Waals surface area contributed by atoms with Gasteiger partial charge in [0.05, 0.1) is 11.7 Å². The molecule has 2 rings (SSSR count). The number of esters is 1. The molecular formula is C10H13BrN2O2. The highest BCUT2D eigenvalue weighted by molar-refractivity contribution is 9.10. The Morgan fingerprint density at radius 2 is 2.40 bits per heavy atom. The fourth-order valence-corrected chi connectivity index (χ4v) is 2.64. The predicted molar refractivity (Wildman–Crippen MR) is 59.3 cm³/mol. The molecule has 1 aliphatic carbocycles. The molecule has 4 nitrogen and oxygen atoms in total. The van der Waals surface area contributed by atoms with E-state index in [1.54, 1.807) is 0 Å². The normalized spacial score (nSPS) is 24.0. The van der Waals surface area contributed by atoms with E-state index in [0.29, 0.717) is 6.42 Å². The van der Waals surface area contributed by atoms with E-state index in [9.17, 15) is 4.79 Å². The Morgan fingerprint density at radius 3 is 3.00 bits per heavy atom. The molecule has 0 aromatic carbocycles. The molecule has 15 heavy (non-hydrogen) atoms. The third-order valence-corrected chi connectivity index (χ3v) is 4.04. The first-order valence-corrected chi connectivity index (χ1v) is 5.51. The summed E-state index contributed by atoms with van der Waals surface area (Å²) in [7, 11) is 3.28. The number of aryl methyl sites for hydroxylation is 1. The van der Waals surface area contributed by atoms with Gasteiger partial charge in [-0.1, -0.05) is 0 Å². The quantitative estimate of drug-likeness (QED) is 0.778. The first kappa shape index (κ1) is 10.7. The summed E-state index contributed by atoms with van der Waals surface area (Å²) in [6, 6.07) is 0. The van der Waals surface area contributed by atoms with Crippen LogP contribution in [0.3, 0.4) is 0 Å². The Bertz CT molecular complexity index is 427. The fraction of sp³-hybridized carbons (Fsp3) is 0.500. The zero-order chi connectivity index (χ0) is 11.2. The molecule has 1 aliphatic rings. The molecule has 0 bridgehead atoms. The number of carbonyl (C=O) groups excluding carboxylic acids is 1. The molecule has 1 heterocycles. The van der Waals surface area contributed by atoms with Crippen LogP contribution in [0.5, 0.6) is 0 Å². The lowest BCUT2D eigenvalue weighted by Gasteiger charge is -2.20. The maximum atomic E-state index is 11.6. The molecule has 1 aromatic heterocycles. The number of nitrogens with two attached hydrogens (primary N) is 1. The molecule has 0 radical (unpaired) electrons. The third-order valence-electron chi connectivity index (χ3n) is 3.01. The molecule has 0 amide bonds. The summed E-state index contributed by atoms with van der Waals surface area (Å²) in [5.74, 6) is -0.362. The van der Waals surface area contributed by atoms with Crippen molar-refractivity contribution in [3.63, 3.8) is 0 Å². The molecule has 0 aliphatic heterocycles. The average molecular weight is 273 g/mol. The number of aromatic nitrogens is 1. The van der Waals surface area contributed by atoms with Gasteiger partial charge in [0.15, 0.2) is 0 Å². The standard InChI is InChI=1S/C10H13BrN2O2/c1-13-5-7-6(8(13)11)3-4-10(7,12)9(14)15-2/h5H,3-4,12H2,1-2H3. The van der Waals surface area contributed by atoms with Crippen molar-refractivity contribution >= 4 is 21.9 Å². The van der Waals surface area contributed by atoms with Gasteiger partial charge >= 0.3 is 5.97 Å². The first-order chi connectivity index (χ1) is 7.00. The minimum Gasteiger partial charge on any atom is -0.467 e. The summed E-state index contributed by atoms with van der Waals surface area (Å²) in [6.07, 6.45) is 3.31. The van der Waals surface area contributed by atoms with E-state index in [4.69, 9.17) is 10.5 Å². The number of rotatable bonds is 1. The number of ether oxygens (including phenoxy) is 1. The van der Waals surface area contributed by atoms with Crippen LogP contribution in [0.2, 0.25) is 0 Å². The van der Waals surface area contributed by atoms with E-state index >= 15 is 0 Å². The lowest BCUT2D eigenvalue weighted by atomic mass is 9.95. The molecule has 82 valence electrons. The van der Waals surface area contributed by atoms with Gasteiger partial charge in [0, 0.05) is 18.8 Å². The van der Waals surface area contributed by atoms with E-state index in [1.165, 1.54) is 7.11 Å². The largest absolute Gasteiger partial charge is 0.467 e. The van der Waals surface area contributed by atoms with Gasteiger partial charge in [0.2, 0.25) is 0 Å². The fourth-order valence-electron chi connectivity index (χ4n) is 2.13. The Hall–Kier alpha value is -0.810. The van der Waals surface area contributed by atoms with E-state index in [2.05, 4.69) is 15.9 Å². The second-order valence-electron chi connectivity index (χ2n) is 3.89. The Kier molecular flexibility index (Phi) is 2.39. The Morgan fingerprint density at radius 1 is 1.73 bits per heavy atom. The number of halogens is 1. The minimum atomic E-state index is -0.964. The van der Waals surface area contributed by atoms with Gasteiger partial charge in [0.25, 0.3) is 0 Å². The lowest BCUT2D eigenvalue weighted by molar-refractivity contribution is -0.147. The van der Waals surface area contributed by atoms with Crippen LogP contribution in [0.15, 0.2) is 10.8 Å². The van der Waals surface area contributed by atoms with Crippen molar-refractivity contribution < 1.29 is 9.53 Å². The number of hydrogen-bond donors (Lipinski definition) is 1. The number of fused-ring (bicyclic) bond motifs is 1. The van der Waals surface area contributed by atoms with Gasteiger partial charge in [-0.05, 0) is 34.3 Å². The first-order valence-electron chi connectivity index (χ1n) is 4.72. The number of hydrogen-bond acceptors (Lipinski definition) is 3. The average Bonchev–Trinajstić information content (AvgIpc) is 2.69. The van der Waals surface area contributed by atoms with E-state index in [-0.39, 0.29) is 5.97 Å². The number of methoxy groups -OCH3 is 1. The molecular weight excluding hydrogens is 260 g/mol. The maximum Gasteiger partial charge on any atom is 0.330 e. The molecule has 1 atom stereocenters. The molecule has 0 fully saturated rings. The van der Waals surface area contributed by atoms with Gasteiger partial charge in [-0.15, -0.1) is 0 Å². The van der Waals surface area contributed by atoms with Crippen molar-refractivity contribution in [2.24, 2.45) is 12.8 Å². The predicted octanol–water partition coefficient (Wildman–Crippen LogP) is 1.06. The van der Waals surface area contributed by atoms with Crippen LogP contribution in [0.25, 0.3) is 0 Å². The molecule has 2 N–H and O–H groups in total. The maximum absolute atomic E-state index is 11.6. The monoisotopic (exact) mass is 272 g/mol. The smallest absolute Gasteiger partial charge is 0.330 e. The zero-order valence-electron chi connectivity index (χ0n) is 8.71. The number of carbonyl (C=O) groups is 1.